The molecule has 0 aliphatic heterocycles. The zero-order valence-corrected chi connectivity index (χ0v) is 10.1. The van der Waals surface area contributed by atoms with Crippen LogP contribution >= 0.6 is 11.3 Å². The lowest BCUT2D eigenvalue weighted by molar-refractivity contribution is -0.120. The van der Waals surface area contributed by atoms with Crippen LogP contribution in [0.1, 0.15) is 36.4 Å². The molecule has 0 aromatic carbocycles. The molecule has 1 amide bonds. The smallest absolute Gasteiger partial charge is 0.246 e. The van der Waals surface area contributed by atoms with Crippen molar-refractivity contribution < 1.29 is 4.79 Å². The molecule has 1 aromatic heterocycles. The Morgan fingerprint density at radius 1 is 1.56 bits per heavy atom. The summed E-state index contributed by atoms with van der Waals surface area (Å²) in [5, 5.41) is 6.92. The Morgan fingerprint density at radius 3 is 2.94 bits per heavy atom. The van der Waals surface area contributed by atoms with Gasteiger partial charge < -0.3 is 0 Å². The van der Waals surface area contributed by atoms with Gasteiger partial charge in [-0.3, -0.25) is 4.79 Å². The predicted octanol–water partition coefficient (Wildman–Crippen LogP) is 2.04. The van der Waals surface area contributed by atoms with E-state index in [0.717, 1.165) is 29.3 Å². The van der Waals surface area contributed by atoms with Crippen molar-refractivity contribution >= 4 is 23.0 Å². The first-order valence-corrected chi connectivity index (χ1v) is 6.37. The predicted molar refractivity (Wildman–Crippen MR) is 64.6 cm³/mol. The van der Waals surface area contributed by atoms with Crippen LogP contribution in [0.5, 0.6) is 0 Å². The van der Waals surface area contributed by atoms with Gasteiger partial charge in [-0.2, -0.15) is 5.10 Å². The fourth-order valence-electron chi connectivity index (χ4n) is 1.70. The third kappa shape index (κ3) is 3.13. The van der Waals surface area contributed by atoms with E-state index in [4.69, 9.17) is 0 Å². The van der Waals surface area contributed by atoms with E-state index in [1.807, 2.05) is 12.3 Å². The average Bonchev–Trinajstić information content (AvgIpc) is 2.87. The number of carbonyl (C=O) groups excluding carboxylic acids is 1. The number of nitrogens with one attached hydrogen (secondary N) is 1. The first-order valence-electron chi connectivity index (χ1n) is 5.49. The summed E-state index contributed by atoms with van der Waals surface area (Å²) < 4.78 is 0. The molecule has 1 N–H and O–H groups in total. The zero-order chi connectivity index (χ0) is 11.4. The second-order valence-corrected chi connectivity index (χ2v) is 4.92. The third-order valence-corrected chi connectivity index (χ3v) is 3.46. The van der Waals surface area contributed by atoms with E-state index in [-0.39, 0.29) is 5.91 Å². The molecule has 1 aromatic rings. The minimum Gasteiger partial charge on any atom is -0.273 e. The zero-order valence-electron chi connectivity index (χ0n) is 9.32. The Morgan fingerprint density at radius 2 is 2.31 bits per heavy atom. The van der Waals surface area contributed by atoms with Gasteiger partial charge in [0.1, 0.15) is 5.01 Å². The van der Waals surface area contributed by atoms with E-state index in [0.29, 0.717) is 6.42 Å². The number of thiazole rings is 1. The normalized spacial score (nSPS) is 15.2. The van der Waals surface area contributed by atoms with Gasteiger partial charge in [-0.25, -0.2) is 10.4 Å². The van der Waals surface area contributed by atoms with Gasteiger partial charge in [0.05, 0.1) is 6.42 Å². The Kier molecular flexibility index (Phi) is 3.66. The number of carbonyl (C=O) groups is 1. The van der Waals surface area contributed by atoms with Gasteiger partial charge in [0.25, 0.3) is 0 Å². The van der Waals surface area contributed by atoms with Crippen molar-refractivity contribution in [2.75, 3.05) is 0 Å². The third-order valence-electron chi connectivity index (χ3n) is 2.50. The lowest BCUT2D eigenvalue weighted by Gasteiger charge is -1.98. The largest absolute Gasteiger partial charge is 0.273 e. The molecule has 0 saturated heterocycles. The number of hydrogen-bond acceptors (Lipinski definition) is 4. The summed E-state index contributed by atoms with van der Waals surface area (Å²) in [6, 6.07) is 0. The summed E-state index contributed by atoms with van der Waals surface area (Å²) in [6.07, 6.45) is 4.77. The van der Waals surface area contributed by atoms with Crippen LogP contribution < -0.4 is 5.43 Å². The summed E-state index contributed by atoms with van der Waals surface area (Å²) >= 11 is 1.52. The topological polar surface area (TPSA) is 54.4 Å². The molecule has 1 saturated carbocycles. The highest BCUT2D eigenvalue weighted by atomic mass is 32.1. The van der Waals surface area contributed by atoms with Crippen LogP contribution in [-0.2, 0) is 11.2 Å². The number of nitrogens with zero attached hydrogens (tertiary/aromatic N) is 2. The maximum atomic E-state index is 11.5. The van der Waals surface area contributed by atoms with E-state index in [2.05, 4.69) is 15.5 Å². The Balaban J connectivity index is 1.82. The molecule has 0 atom stereocenters. The van der Waals surface area contributed by atoms with Crippen LogP contribution in [0, 0.1) is 6.92 Å². The maximum Gasteiger partial charge on any atom is 0.246 e. The van der Waals surface area contributed by atoms with Gasteiger partial charge in [-0.15, -0.1) is 11.3 Å². The van der Waals surface area contributed by atoms with Crippen molar-refractivity contribution in [3.8, 4) is 0 Å². The molecule has 5 heteroatoms. The lowest BCUT2D eigenvalue weighted by atomic mass is 10.3. The van der Waals surface area contributed by atoms with Crippen molar-refractivity contribution in [1.82, 2.24) is 10.4 Å². The molecule has 16 heavy (non-hydrogen) atoms. The fourth-order valence-corrected chi connectivity index (χ4v) is 2.47. The quantitative estimate of drug-likeness (QED) is 0.818. The number of hydrogen-bond donors (Lipinski definition) is 1. The molecule has 2 rings (SSSR count). The SMILES string of the molecule is Cc1csc(CC(=O)NN=C2CCCC2)n1. The Bertz CT molecular complexity index is 403. The number of hydrazone groups is 1. The maximum absolute atomic E-state index is 11.5. The van der Waals surface area contributed by atoms with E-state index < -0.39 is 0 Å². The molecule has 86 valence electrons. The fraction of sp³-hybridized carbons (Fsp3) is 0.545. The van der Waals surface area contributed by atoms with E-state index in [1.165, 1.54) is 24.2 Å². The first kappa shape index (κ1) is 11.3. The molecule has 0 bridgehead atoms. The van der Waals surface area contributed by atoms with Gasteiger partial charge in [0.2, 0.25) is 5.91 Å². The molecule has 0 unspecified atom stereocenters. The van der Waals surface area contributed by atoms with Crippen molar-refractivity contribution in [2.45, 2.75) is 39.0 Å². The molecular formula is C11H15N3OS. The van der Waals surface area contributed by atoms with E-state index in [9.17, 15) is 4.79 Å². The lowest BCUT2D eigenvalue weighted by Crippen LogP contribution is -2.20. The highest BCUT2D eigenvalue weighted by molar-refractivity contribution is 7.09. The molecular weight excluding hydrogens is 222 g/mol. The summed E-state index contributed by atoms with van der Waals surface area (Å²) in [5.74, 6) is -0.0752. The second-order valence-electron chi connectivity index (χ2n) is 3.98. The van der Waals surface area contributed by atoms with Crippen LogP contribution in [0.3, 0.4) is 0 Å². The van der Waals surface area contributed by atoms with E-state index >= 15 is 0 Å². The highest BCUT2D eigenvalue weighted by Gasteiger charge is 2.10. The number of aryl methyl sites for hydroxylation is 1. The van der Waals surface area contributed by atoms with Crippen LogP contribution in [0.4, 0.5) is 0 Å². The summed E-state index contributed by atoms with van der Waals surface area (Å²) in [5.41, 5.74) is 4.68. The van der Waals surface area contributed by atoms with Crippen molar-refractivity contribution in [3.63, 3.8) is 0 Å². The van der Waals surface area contributed by atoms with E-state index in [1.54, 1.807) is 0 Å². The van der Waals surface area contributed by atoms with Gasteiger partial charge in [-0.1, -0.05) is 0 Å². The molecule has 0 radical (unpaired) electrons. The summed E-state index contributed by atoms with van der Waals surface area (Å²) in [6.45, 7) is 1.93. The molecule has 1 fully saturated rings. The van der Waals surface area contributed by atoms with Crippen LogP contribution in [0.15, 0.2) is 10.5 Å². The first-order chi connectivity index (χ1) is 7.74. The van der Waals surface area contributed by atoms with Crippen LogP contribution in [0.2, 0.25) is 0 Å². The van der Waals surface area contributed by atoms with Gasteiger partial charge in [0.15, 0.2) is 0 Å². The minimum atomic E-state index is -0.0752. The number of aromatic nitrogens is 1. The molecule has 1 heterocycles. The number of amides is 1. The van der Waals surface area contributed by atoms with Crippen LogP contribution in [0.25, 0.3) is 0 Å². The van der Waals surface area contributed by atoms with Gasteiger partial charge in [0, 0.05) is 16.8 Å². The highest BCUT2D eigenvalue weighted by Crippen LogP contribution is 2.14. The summed E-state index contributed by atoms with van der Waals surface area (Å²) in [4.78, 5) is 15.8. The van der Waals surface area contributed by atoms with Crippen molar-refractivity contribution in [1.29, 1.82) is 0 Å². The van der Waals surface area contributed by atoms with Gasteiger partial charge >= 0.3 is 0 Å². The monoisotopic (exact) mass is 237 g/mol. The standard InChI is InChI=1S/C11H15N3OS/c1-8-7-16-11(12-8)6-10(15)14-13-9-4-2-3-5-9/h7H,2-6H2,1H3,(H,14,15). The molecule has 1 aliphatic carbocycles. The summed E-state index contributed by atoms with van der Waals surface area (Å²) in [7, 11) is 0. The molecule has 4 nitrogen and oxygen atoms in total. The molecule has 1 aliphatic rings. The average molecular weight is 237 g/mol. The second kappa shape index (κ2) is 5.21. The Labute approximate surface area is 98.8 Å². The minimum absolute atomic E-state index is 0.0752. The van der Waals surface area contributed by atoms with Crippen LogP contribution in [-0.4, -0.2) is 16.6 Å². The van der Waals surface area contributed by atoms with Crippen molar-refractivity contribution in [3.05, 3.63) is 16.1 Å². The Hall–Kier alpha value is -1.23. The van der Waals surface area contributed by atoms with Gasteiger partial charge in [-0.05, 0) is 32.6 Å². The molecule has 0 spiro atoms. The number of rotatable bonds is 3. The van der Waals surface area contributed by atoms with Crippen molar-refractivity contribution in [2.24, 2.45) is 5.10 Å².